The lowest BCUT2D eigenvalue weighted by molar-refractivity contribution is -0.111. The molecule has 0 radical (unpaired) electrons. The number of nitriles is 1. The molecule has 1 aliphatic rings. The highest BCUT2D eigenvalue weighted by Gasteiger charge is 2.22. The van der Waals surface area contributed by atoms with E-state index in [1.165, 1.54) is 22.3 Å². The van der Waals surface area contributed by atoms with E-state index in [0.717, 1.165) is 30.4 Å². The number of benzene rings is 1. The quantitative estimate of drug-likeness (QED) is 0.775. The molecule has 1 aromatic carbocycles. The molecule has 1 N–H and O–H groups in total. The van der Waals surface area contributed by atoms with Crippen LogP contribution in [0.1, 0.15) is 28.0 Å². The van der Waals surface area contributed by atoms with Gasteiger partial charge in [-0.05, 0) is 48.6 Å². The van der Waals surface area contributed by atoms with Gasteiger partial charge in [-0.3, -0.25) is 4.79 Å². The van der Waals surface area contributed by atoms with Gasteiger partial charge in [0.15, 0.2) is 0 Å². The second-order valence-electron chi connectivity index (χ2n) is 5.17. The molecule has 2 aromatic rings. The molecule has 1 heterocycles. The number of thiophene rings is 1. The minimum Gasteiger partial charge on any atom is -0.313 e. The highest BCUT2D eigenvalue weighted by atomic mass is 35.5. The Morgan fingerprint density at radius 2 is 2.13 bits per heavy atom. The number of carbonyl (C=O) groups excluding carboxylic acids is 1. The van der Waals surface area contributed by atoms with Crippen molar-refractivity contribution >= 4 is 51.5 Å². The Labute approximate surface area is 148 Å². The van der Waals surface area contributed by atoms with Gasteiger partial charge in [-0.1, -0.05) is 29.3 Å². The van der Waals surface area contributed by atoms with Crippen molar-refractivity contribution in [1.29, 1.82) is 5.26 Å². The largest absolute Gasteiger partial charge is 0.313 e. The fraction of sp³-hybridized carbons (Fsp3) is 0.176. The first kappa shape index (κ1) is 16.1. The van der Waals surface area contributed by atoms with E-state index in [2.05, 4.69) is 11.4 Å². The van der Waals surface area contributed by atoms with Gasteiger partial charge in [0.2, 0.25) is 5.91 Å². The van der Waals surface area contributed by atoms with Crippen LogP contribution in [0, 0.1) is 11.3 Å². The fourth-order valence-corrected chi connectivity index (χ4v) is 4.10. The number of fused-ring (bicyclic) bond motifs is 1. The normalized spacial score (nSPS) is 13.1. The molecule has 3 rings (SSSR count). The van der Waals surface area contributed by atoms with Crippen LogP contribution in [0.15, 0.2) is 24.3 Å². The van der Waals surface area contributed by atoms with Gasteiger partial charge in [-0.25, -0.2) is 0 Å². The summed E-state index contributed by atoms with van der Waals surface area (Å²) in [4.78, 5) is 13.3. The van der Waals surface area contributed by atoms with Crippen molar-refractivity contribution < 1.29 is 4.79 Å². The molecular weight excluding hydrogens is 351 g/mol. The molecule has 0 fully saturated rings. The van der Waals surface area contributed by atoms with Crippen LogP contribution in [0.3, 0.4) is 0 Å². The second kappa shape index (κ2) is 6.76. The number of hydrogen-bond acceptors (Lipinski definition) is 3. The third-order valence-corrected chi connectivity index (χ3v) is 5.59. The summed E-state index contributed by atoms with van der Waals surface area (Å²) in [5, 5.41) is 13.7. The Bertz CT molecular complexity index is 849. The third-order valence-electron chi connectivity index (χ3n) is 3.64. The SMILES string of the molecule is N#Cc1c(NC(=O)/C=C/c2ccc(Cl)c(Cl)c2)sc2c1CCC2. The van der Waals surface area contributed by atoms with Crippen LogP contribution in [0.4, 0.5) is 5.00 Å². The van der Waals surface area contributed by atoms with E-state index in [1.807, 2.05) is 0 Å². The number of amides is 1. The van der Waals surface area contributed by atoms with Gasteiger partial charge < -0.3 is 5.32 Å². The van der Waals surface area contributed by atoms with Crippen LogP contribution in [0.5, 0.6) is 0 Å². The topological polar surface area (TPSA) is 52.9 Å². The first-order valence-corrected chi connectivity index (χ1v) is 8.64. The minimum absolute atomic E-state index is 0.271. The zero-order valence-electron chi connectivity index (χ0n) is 12.0. The van der Waals surface area contributed by atoms with E-state index in [-0.39, 0.29) is 5.91 Å². The second-order valence-corrected chi connectivity index (χ2v) is 7.09. The summed E-state index contributed by atoms with van der Waals surface area (Å²) in [5.74, 6) is -0.271. The Morgan fingerprint density at radius 3 is 2.87 bits per heavy atom. The Morgan fingerprint density at radius 1 is 1.30 bits per heavy atom. The molecule has 0 unspecified atom stereocenters. The van der Waals surface area contributed by atoms with Gasteiger partial charge in [-0.2, -0.15) is 5.26 Å². The van der Waals surface area contributed by atoms with Crippen LogP contribution in [-0.4, -0.2) is 5.91 Å². The van der Waals surface area contributed by atoms with Crippen molar-refractivity contribution in [3.8, 4) is 6.07 Å². The number of carbonyl (C=O) groups is 1. The van der Waals surface area contributed by atoms with E-state index in [9.17, 15) is 10.1 Å². The predicted octanol–water partition coefficient (Wildman–Crippen LogP) is 5.07. The number of halogens is 2. The molecule has 0 spiro atoms. The molecule has 1 aliphatic carbocycles. The number of anilines is 1. The number of nitrogens with one attached hydrogen (secondary N) is 1. The number of rotatable bonds is 3. The van der Waals surface area contributed by atoms with E-state index < -0.39 is 0 Å². The van der Waals surface area contributed by atoms with Crippen molar-refractivity contribution in [2.24, 2.45) is 0 Å². The van der Waals surface area contributed by atoms with E-state index in [0.29, 0.717) is 20.6 Å². The van der Waals surface area contributed by atoms with Crippen molar-refractivity contribution in [3.05, 3.63) is 55.9 Å². The van der Waals surface area contributed by atoms with E-state index >= 15 is 0 Å². The maximum Gasteiger partial charge on any atom is 0.249 e. The lowest BCUT2D eigenvalue weighted by atomic mass is 10.1. The van der Waals surface area contributed by atoms with Crippen LogP contribution >= 0.6 is 34.5 Å². The van der Waals surface area contributed by atoms with Crippen molar-refractivity contribution in [2.75, 3.05) is 5.32 Å². The highest BCUT2D eigenvalue weighted by Crippen LogP contribution is 2.38. The van der Waals surface area contributed by atoms with Crippen molar-refractivity contribution in [2.45, 2.75) is 19.3 Å². The maximum absolute atomic E-state index is 12.1. The first-order valence-electron chi connectivity index (χ1n) is 7.07. The fourth-order valence-electron chi connectivity index (χ4n) is 2.55. The molecule has 0 aliphatic heterocycles. The van der Waals surface area contributed by atoms with Crippen LogP contribution in [0.25, 0.3) is 6.08 Å². The van der Waals surface area contributed by atoms with Crippen molar-refractivity contribution in [3.63, 3.8) is 0 Å². The molecule has 0 saturated heterocycles. The smallest absolute Gasteiger partial charge is 0.249 e. The average Bonchev–Trinajstić information content (AvgIpc) is 3.09. The molecule has 23 heavy (non-hydrogen) atoms. The molecule has 3 nitrogen and oxygen atoms in total. The summed E-state index contributed by atoms with van der Waals surface area (Å²) in [6.45, 7) is 0. The lowest BCUT2D eigenvalue weighted by Gasteiger charge is -2.01. The van der Waals surface area contributed by atoms with Gasteiger partial charge in [-0.15, -0.1) is 11.3 Å². The molecular formula is C17H12Cl2N2OS. The third kappa shape index (κ3) is 3.42. The van der Waals surface area contributed by atoms with E-state index in [1.54, 1.807) is 24.3 Å². The molecule has 0 saturated carbocycles. The molecule has 6 heteroatoms. The van der Waals surface area contributed by atoms with Crippen LogP contribution < -0.4 is 5.32 Å². The summed E-state index contributed by atoms with van der Waals surface area (Å²) >= 11 is 13.3. The lowest BCUT2D eigenvalue weighted by Crippen LogP contribution is -2.07. The molecule has 0 bridgehead atoms. The highest BCUT2D eigenvalue weighted by molar-refractivity contribution is 7.16. The summed E-state index contributed by atoms with van der Waals surface area (Å²) < 4.78 is 0. The Balaban J connectivity index is 1.74. The number of hydrogen-bond donors (Lipinski definition) is 1. The van der Waals surface area contributed by atoms with Gasteiger partial charge in [0.05, 0.1) is 15.6 Å². The summed E-state index contributed by atoms with van der Waals surface area (Å²) in [5.41, 5.74) is 2.49. The van der Waals surface area contributed by atoms with Gasteiger partial charge in [0.25, 0.3) is 0 Å². The Hall–Kier alpha value is -1.80. The van der Waals surface area contributed by atoms with Gasteiger partial charge in [0, 0.05) is 11.0 Å². The zero-order chi connectivity index (χ0) is 16.4. The number of nitrogens with zero attached hydrogens (tertiary/aromatic N) is 1. The maximum atomic E-state index is 12.1. The molecule has 1 aromatic heterocycles. The minimum atomic E-state index is -0.271. The predicted molar refractivity (Wildman–Crippen MR) is 95.2 cm³/mol. The number of aryl methyl sites for hydroxylation is 1. The summed E-state index contributed by atoms with van der Waals surface area (Å²) in [6.07, 6.45) is 6.07. The van der Waals surface area contributed by atoms with Crippen molar-refractivity contribution in [1.82, 2.24) is 0 Å². The molecule has 0 atom stereocenters. The van der Waals surface area contributed by atoms with Crippen LogP contribution in [0.2, 0.25) is 10.0 Å². The van der Waals surface area contributed by atoms with Gasteiger partial charge >= 0.3 is 0 Å². The monoisotopic (exact) mass is 362 g/mol. The Kier molecular flexibility index (Phi) is 4.72. The molecule has 1 amide bonds. The van der Waals surface area contributed by atoms with Gasteiger partial charge in [0.1, 0.15) is 11.1 Å². The first-order chi connectivity index (χ1) is 11.1. The summed E-state index contributed by atoms with van der Waals surface area (Å²) in [6, 6.07) is 7.35. The molecule has 116 valence electrons. The standard InChI is InChI=1S/C17H12Cl2N2OS/c18-13-6-4-10(8-14(13)19)5-7-16(22)21-17-12(9-20)11-2-1-3-15(11)23-17/h4-8H,1-3H2,(H,21,22)/b7-5+. The summed E-state index contributed by atoms with van der Waals surface area (Å²) in [7, 11) is 0. The average molecular weight is 363 g/mol. The van der Waals surface area contributed by atoms with Crippen LogP contribution in [-0.2, 0) is 17.6 Å². The van der Waals surface area contributed by atoms with E-state index in [4.69, 9.17) is 23.2 Å². The zero-order valence-corrected chi connectivity index (χ0v) is 14.4.